The smallest absolute Gasteiger partial charge is 0.127 e. The molecule has 1 aliphatic rings. The molecular weight excluding hydrogens is 201 g/mol. The van der Waals surface area contributed by atoms with Crippen molar-refractivity contribution in [3.05, 3.63) is 35.6 Å². The Bertz CT molecular complexity index is 331. The lowest BCUT2D eigenvalue weighted by Crippen LogP contribution is -2.20. The van der Waals surface area contributed by atoms with Gasteiger partial charge in [0.05, 0.1) is 0 Å². The lowest BCUT2D eigenvalue weighted by molar-refractivity contribution is 0.403. The van der Waals surface area contributed by atoms with Gasteiger partial charge in [-0.05, 0) is 25.5 Å². The maximum absolute atomic E-state index is 13.7. The fraction of sp³-hybridized carbons (Fsp3) is 0.571. The van der Waals surface area contributed by atoms with Crippen LogP contribution in [0.4, 0.5) is 4.39 Å². The van der Waals surface area contributed by atoms with E-state index in [2.05, 4.69) is 5.32 Å². The van der Waals surface area contributed by atoms with Crippen LogP contribution in [0.15, 0.2) is 24.3 Å². The number of halogens is 1. The van der Waals surface area contributed by atoms with E-state index in [4.69, 9.17) is 0 Å². The largest absolute Gasteiger partial charge is 0.313 e. The zero-order chi connectivity index (χ0) is 11.4. The highest BCUT2D eigenvalue weighted by atomic mass is 19.1. The van der Waals surface area contributed by atoms with Crippen molar-refractivity contribution in [3.63, 3.8) is 0 Å². The van der Waals surface area contributed by atoms with Gasteiger partial charge in [-0.15, -0.1) is 0 Å². The molecular formula is C14H20FN. The average molecular weight is 221 g/mol. The molecule has 1 nitrogen and oxygen atoms in total. The van der Waals surface area contributed by atoms with E-state index < -0.39 is 0 Å². The number of hydrogen-bond acceptors (Lipinski definition) is 1. The van der Waals surface area contributed by atoms with Gasteiger partial charge in [0.25, 0.3) is 0 Å². The lowest BCUT2D eigenvalue weighted by atomic mass is 9.93. The van der Waals surface area contributed by atoms with Crippen LogP contribution in [0.3, 0.4) is 0 Å². The third-order valence-electron chi connectivity index (χ3n) is 3.67. The van der Waals surface area contributed by atoms with Gasteiger partial charge in [0, 0.05) is 11.6 Å². The summed E-state index contributed by atoms with van der Waals surface area (Å²) in [7, 11) is 1.92. The first-order valence-corrected chi connectivity index (χ1v) is 6.23. The molecule has 88 valence electrons. The summed E-state index contributed by atoms with van der Waals surface area (Å²) in [6.07, 6.45) is 6.38. The van der Waals surface area contributed by atoms with Gasteiger partial charge in [-0.25, -0.2) is 4.39 Å². The van der Waals surface area contributed by atoms with E-state index in [0.29, 0.717) is 0 Å². The van der Waals surface area contributed by atoms with E-state index in [1.165, 1.54) is 25.7 Å². The van der Waals surface area contributed by atoms with Gasteiger partial charge in [0.2, 0.25) is 0 Å². The molecule has 0 aliphatic heterocycles. The molecule has 0 bridgehead atoms. The molecule has 0 aromatic heterocycles. The Morgan fingerprint density at radius 3 is 2.62 bits per heavy atom. The molecule has 1 atom stereocenters. The van der Waals surface area contributed by atoms with E-state index in [-0.39, 0.29) is 11.9 Å². The monoisotopic (exact) mass is 221 g/mol. The zero-order valence-corrected chi connectivity index (χ0v) is 9.88. The van der Waals surface area contributed by atoms with Crippen LogP contribution in [0.5, 0.6) is 0 Å². The summed E-state index contributed by atoms with van der Waals surface area (Å²) in [5, 5.41) is 3.25. The summed E-state index contributed by atoms with van der Waals surface area (Å²) in [4.78, 5) is 0. The van der Waals surface area contributed by atoms with Crippen LogP contribution < -0.4 is 5.32 Å². The van der Waals surface area contributed by atoms with Gasteiger partial charge in [-0.3, -0.25) is 0 Å². The lowest BCUT2D eigenvalue weighted by Gasteiger charge is -2.20. The Kier molecular flexibility index (Phi) is 3.94. The van der Waals surface area contributed by atoms with E-state index in [0.717, 1.165) is 17.9 Å². The Balaban J connectivity index is 2.06. The first-order valence-electron chi connectivity index (χ1n) is 6.23. The van der Waals surface area contributed by atoms with Crippen LogP contribution in [0, 0.1) is 11.7 Å². The van der Waals surface area contributed by atoms with Crippen molar-refractivity contribution < 1.29 is 4.39 Å². The summed E-state index contributed by atoms with van der Waals surface area (Å²) in [5.41, 5.74) is 0.817. The second kappa shape index (κ2) is 5.44. The van der Waals surface area contributed by atoms with Gasteiger partial charge >= 0.3 is 0 Å². The van der Waals surface area contributed by atoms with E-state index in [1.54, 1.807) is 12.1 Å². The third-order valence-corrected chi connectivity index (χ3v) is 3.67. The minimum atomic E-state index is -0.0835. The molecule has 1 N–H and O–H groups in total. The number of hydrogen-bond donors (Lipinski definition) is 1. The summed E-state index contributed by atoms with van der Waals surface area (Å²) < 4.78 is 13.7. The SMILES string of the molecule is CNC(CC1CCCC1)c1ccccc1F. The van der Waals surface area contributed by atoms with Crippen LogP contribution in [-0.2, 0) is 0 Å². The topological polar surface area (TPSA) is 12.0 Å². The molecule has 1 unspecified atom stereocenters. The second-order valence-corrected chi connectivity index (χ2v) is 4.75. The zero-order valence-electron chi connectivity index (χ0n) is 9.88. The summed E-state index contributed by atoms with van der Waals surface area (Å²) in [6, 6.07) is 7.28. The van der Waals surface area contributed by atoms with Gasteiger partial charge in [-0.2, -0.15) is 0 Å². The molecule has 1 aliphatic carbocycles. The predicted molar refractivity (Wildman–Crippen MR) is 64.8 cm³/mol. The van der Waals surface area contributed by atoms with Crippen molar-refractivity contribution in [2.24, 2.45) is 5.92 Å². The number of rotatable bonds is 4. The van der Waals surface area contributed by atoms with Gasteiger partial charge in [0.15, 0.2) is 0 Å². The molecule has 1 aromatic rings. The van der Waals surface area contributed by atoms with Crippen LogP contribution >= 0.6 is 0 Å². The number of benzene rings is 1. The Labute approximate surface area is 97.1 Å². The minimum Gasteiger partial charge on any atom is -0.313 e. The molecule has 0 amide bonds. The second-order valence-electron chi connectivity index (χ2n) is 4.75. The van der Waals surface area contributed by atoms with E-state index >= 15 is 0 Å². The maximum atomic E-state index is 13.7. The average Bonchev–Trinajstić information content (AvgIpc) is 2.80. The normalized spacial score (nSPS) is 18.9. The quantitative estimate of drug-likeness (QED) is 0.818. The first kappa shape index (κ1) is 11.6. The van der Waals surface area contributed by atoms with Gasteiger partial charge < -0.3 is 5.32 Å². The highest BCUT2D eigenvalue weighted by Gasteiger charge is 2.21. The molecule has 16 heavy (non-hydrogen) atoms. The minimum absolute atomic E-state index is 0.0835. The highest BCUT2D eigenvalue weighted by Crippen LogP contribution is 2.33. The maximum Gasteiger partial charge on any atom is 0.127 e. The third kappa shape index (κ3) is 2.62. The molecule has 0 radical (unpaired) electrons. The highest BCUT2D eigenvalue weighted by molar-refractivity contribution is 5.21. The van der Waals surface area contributed by atoms with Crippen LogP contribution in [0.1, 0.15) is 43.7 Å². The molecule has 1 saturated carbocycles. The predicted octanol–water partition coefficient (Wildman–Crippen LogP) is 3.67. The first-order chi connectivity index (χ1) is 7.81. The number of nitrogens with one attached hydrogen (secondary N) is 1. The van der Waals surface area contributed by atoms with Crippen molar-refractivity contribution in [1.29, 1.82) is 0 Å². The fourth-order valence-corrected chi connectivity index (χ4v) is 2.74. The van der Waals surface area contributed by atoms with Crippen LogP contribution in [0.25, 0.3) is 0 Å². The van der Waals surface area contributed by atoms with Gasteiger partial charge in [-0.1, -0.05) is 43.9 Å². The summed E-state index contributed by atoms with van der Waals surface area (Å²) >= 11 is 0. The van der Waals surface area contributed by atoms with Crippen molar-refractivity contribution in [3.8, 4) is 0 Å². The van der Waals surface area contributed by atoms with Crippen molar-refractivity contribution in [2.75, 3.05) is 7.05 Å². The van der Waals surface area contributed by atoms with Crippen molar-refractivity contribution in [1.82, 2.24) is 5.32 Å². The molecule has 0 heterocycles. The molecule has 1 fully saturated rings. The Morgan fingerprint density at radius 1 is 1.31 bits per heavy atom. The molecule has 2 rings (SSSR count). The summed E-state index contributed by atoms with van der Waals surface area (Å²) in [6.45, 7) is 0. The Morgan fingerprint density at radius 2 is 2.00 bits per heavy atom. The van der Waals surface area contributed by atoms with Crippen LogP contribution in [-0.4, -0.2) is 7.05 Å². The fourth-order valence-electron chi connectivity index (χ4n) is 2.74. The van der Waals surface area contributed by atoms with Crippen molar-refractivity contribution >= 4 is 0 Å². The van der Waals surface area contributed by atoms with Gasteiger partial charge in [0.1, 0.15) is 5.82 Å². The molecule has 2 heteroatoms. The molecule has 0 saturated heterocycles. The summed E-state index contributed by atoms with van der Waals surface area (Å²) in [5.74, 6) is 0.692. The van der Waals surface area contributed by atoms with E-state index in [9.17, 15) is 4.39 Å². The van der Waals surface area contributed by atoms with E-state index in [1.807, 2.05) is 19.2 Å². The molecule has 0 spiro atoms. The molecule has 1 aromatic carbocycles. The van der Waals surface area contributed by atoms with Crippen molar-refractivity contribution in [2.45, 2.75) is 38.1 Å². The van der Waals surface area contributed by atoms with Crippen LogP contribution in [0.2, 0.25) is 0 Å². The standard InChI is InChI=1S/C14H20FN/c1-16-14(10-11-6-2-3-7-11)12-8-4-5-9-13(12)15/h4-5,8-9,11,14,16H,2-3,6-7,10H2,1H3. The Hall–Kier alpha value is -0.890.